The summed E-state index contributed by atoms with van der Waals surface area (Å²) >= 11 is 0. The number of anilines is 2. The largest absolute Gasteiger partial charge is 0.367 e. The van der Waals surface area contributed by atoms with Crippen LogP contribution in [0.4, 0.5) is 11.4 Å². The van der Waals surface area contributed by atoms with E-state index >= 15 is 0 Å². The molecule has 0 aromatic heterocycles. The zero-order chi connectivity index (χ0) is 15.2. The van der Waals surface area contributed by atoms with Gasteiger partial charge < -0.3 is 20.9 Å². The fourth-order valence-corrected chi connectivity index (χ4v) is 2.52. The third-order valence-corrected chi connectivity index (χ3v) is 4.12. The van der Waals surface area contributed by atoms with Gasteiger partial charge in [-0.2, -0.15) is 0 Å². The maximum atomic E-state index is 12.1. The van der Waals surface area contributed by atoms with Crippen LogP contribution < -0.4 is 16.0 Å². The molecule has 1 aromatic rings. The first kappa shape index (κ1) is 15.8. The molecule has 0 spiro atoms. The summed E-state index contributed by atoms with van der Waals surface area (Å²) in [5.74, 6) is -0.188. The van der Waals surface area contributed by atoms with Gasteiger partial charge in [-0.25, -0.2) is 0 Å². The van der Waals surface area contributed by atoms with Crippen LogP contribution in [0, 0.1) is 5.92 Å². The van der Waals surface area contributed by atoms with Crippen LogP contribution in [0.1, 0.15) is 13.8 Å². The Morgan fingerprint density at radius 1 is 1.29 bits per heavy atom. The molecular weight excluding hydrogens is 264 g/mol. The molecule has 0 saturated carbocycles. The topological polar surface area (TPSA) is 61.6 Å². The van der Waals surface area contributed by atoms with Gasteiger partial charge in [-0.05, 0) is 18.7 Å². The summed E-state index contributed by atoms with van der Waals surface area (Å²) in [7, 11) is 0. The summed E-state index contributed by atoms with van der Waals surface area (Å²) < 4.78 is 0. The number of nitrogens with two attached hydrogens (primary N) is 1. The highest BCUT2D eigenvalue weighted by molar-refractivity contribution is 5.95. The molecule has 0 bridgehead atoms. The number of rotatable bonds is 5. The SMILES string of the molecule is CCN1CCN(c2ccccc2NC(=O)C(C)CN)CC1. The van der Waals surface area contributed by atoms with Crippen molar-refractivity contribution in [2.24, 2.45) is 11.7 Å². The molecule has 1 fully saturated rings. The van der Waals surface area contributed by atoms with Gasteiger partial charge in [0.15, 0.2) is 0 Å². The lowest BCUT2D eigenvalue weighted by Crippen LogP contribution is -2.46. The summed E-state index contributed by atoms with van der Waals surface area (Å²) in [6, 6.07) is 8.01. The molecule has 1 unspecified atom stereocenters. The fraction of sp³-hybridized carbons (Fsp3) is 0.562. The molecule has 1 aliphatic rings. The molecule has 1 heterocycles. The summed E-state index contributed by atoms with van der Waals surface area (Å²) in [6.07, 6.45) is 0. The molecular formula is C16H26N4O. The van der Waals surface area contributed by atoms with Crippen molar-refractivity contribution in [1.29, 1.82) is 0 Å². The molecule has 0 radical (unpaired) electrons. The maximum Gasteiger partial charge on any atom is 0.228 e. The zero-order valence-corrected chi connectivity index (χ0v) is 13.0. The van der Waals surface area contributed by atoms with Gasteiger partial charge in [0.1, 0.15) is 0 Å². The highest BCUT2D eigenvalue weighted by Gasteiger charge is 2.19. The molecule has 21 heavy (non-hydrogen) atoms. The van der Waals surface area contributed by atoms with E-state index in [2.05, 4.69) is 28.1 Å². The number of carbonyl (C=O) groups excluding carboxylic acids is 1. The summed E-state index contributed by atoms with van der Waals surface area (Å²) in [5, 5.41) is 3.01. The molecule has 116 valence electrons. The molecule has 1 atom stereocenters. The molecule has 0 aliphatic carbocycles. The number of hydrogen-bond donors (Lipinski definition) is 2. The average Bonchev–Trinajstić information content (AvgIpc) is 2.54. The Bertz CT molecular complexity index is 469. The maximum absolute atomic E-state index is 12.1. The second-order valence-electron chi connectivity index (χ2n) is 5.56. The quantitative estimate of drug-likeness (QED) is 0.859. The predicted octanol–water partition coefficient (Wildman–Crippen LogP) is 1.36. The Morgan fingerprint density at radius 3 is 2.57 bits per heavy atom. The molecule has 2 rings (SSSR count). The van der Waals surface area contributed by atoms with Crippen molar-refractivity contribution in [3.8, 4) is 0 Å². The van der Waals surface area contributed by atoms with Crippen molar-refractivity contribution < 1.29 is 4.79 Å². The van der Waals surface area contributed by atoms with E-state index < -0.39 is 0 Å². The van der Waals surface area contributed by atoms with Crippen LogP contribution >= 0.6 is 0 Å². The molecule has 1 aromatic carbocycles. The minimum Gasteiger partial charge on any atom is -0.367 e. The highest BCUT2D eigenvalue weighted by Crippen LogP contribution is 2.27. The molecule has 3 N–H and O–H groups in total. The van der Waals surface area contributed by atoms with E-state index in [0.29, 0.717) is 6.54 Å². The van der Waals surface area contributed by atoms with Crippen molar-refractivity contribution in [1.82, 2.24) is 4.90 Å². The van der Waals surface area contributed by atoms with E-state index in [4.69, 9.17) is 5.73 Å². The highest BCUT2D eigenvalue weighted by atomic mass is 16.1. The van der Waals surface area contributed by atoms with Gasteiger partial charge in [-0.3, -0.25) is 4.79 Å². The van der Waals surface area contributed by atoms with Gasteiger partial charge in [-0.1, -0.05) is 26.0 Å². The zero-order valence-electron chi connectivity index (χ0n) is 13.0. The number of likely N-dealkylation sites (N-methyl/N-ethyl adjacent to an activating group) is 1. The van der Waals surface area contributed by atoms with E-state index in [1.54, 1.807) is 0 Å². The van der Waals surface area contributed by atoms with E-state index in [9.17, 15) is 4.79 Å². The summed E-state index contributed by atoms with van der Waals surface area (Å²) in [4.78, 5) is 16.8. The van der Waals surface area contributed by atoms with Gasteiger partial charge in [0.2, 0.25) is 5.91 Å². The Labute approximate surface area is 127 Å². The van der Waals surface area contributed by atoms with Crippen molar-refractivity contribution in [2.45, 2.75) is 13.8 Å². The Morgan fingerprint density at radius 2 is 1.95 bits per heavy atom. The van der Waals surface area contributed by atoms with E-state index in [1.165, 1.54) is 0 Å². The number of piperazine rings is 1. The van der Waals surface area contributed by atoms with Crippen molar-refractivity contribution in [2.75, 3.05) is 49.5 Å². The van der Waals surface area contributed by atoms with Gasteiger partial charge >= 0.3 is 0 Å². The smallest absolute Gasteiger partial charge is 0.228 e. The van der Waals surface area contributed by atoms with Crippen LogP contribution in [0.5, 0.6) is 0 Å². The molecule has 1 aliphatic heterocycles. The number of carbonyl (C=O) groups is 1. The number of nitrogens with zero attached hydrogens (tertiary/aromatic N) is 2. The molecule has 1 amide bonds. The van der Waals surface area contributed by atoms with Crippen LogP contribution in [-0.2, 0) is 4.79 Å². The molecule has 5 heteroatoms. The van der Waals surface area contributed by atoms with Crippen LogP contribution in [0.15, 0.2) is 24.3 Å². The first-order valence-electron chi connectivity index (χ1n) is 7.73. The average molecular weight is 290 g/mol. The normalized spacial score (nSPS) is 17.6. The van der Waals surface area contributed by atoms with Crippen LogP contribution in [0.3, 0.4) is 0 Å². The van der Waals surface area contributed by atoms with Crippen LogP contribution in [0.25, 0.3) is 0 Å². The Kier molecular flexibility index (Phi) is 5.59. The lowest BCUT2D eigenvalue weighted by Gasteiger charge is -2.36. The minimum absolute atomic E-state index is 0.0165. The standard InChI is InChI=1S/C16H26N4O/c1-3-19-8-10-20(11-9-19)15-7-5-4-6-14(15)18-16(21)13(2)12-17/h4-7,13H,3,8-12,17H2,1-2H3,(H,18,21). The number of amides is 1. The van der Waals surface area contributed by atoms with Gasteiger partial charge in [0.05, 0.1) is 11.4 Å². The minimum atomic E-state index is -0.171. The first-order chi connectivity index (χ1) is 10.2. The summed E-state index contributed by atoms with van der Waals surface area (Å²) in [6.45, 7) is 9.62. The van der Waals surface area contributed by atoms with Crippen molar-refractivity contribution in [3.63, 3.8) is 0 Å². The lowest BCUT2D eigenvalue weighted by atomic mass is 10.1. The first-order valence-corrected chi connectivity index (χ1v) is 7.73. The van der Waals surface area contributed by atoms with E-state index in [0.717, 1.165) is 44.1 Å². The van der Waals surface area contributed by atoms with Gasteiger partial charge in [0.25, 0.3) is 0 Å². The third-order valence-electron chi connectivity index (χ3n) is 4.12. The number of benzene rings is 1. The predicted molar refractivity (Wildman–Crippen MR) is 87.6 cm³/mol. The second kappa shape index (κ2) is 7.43. The third kappa shape index (κ3) is 3.95. The molecule has 5 nitrogen and oxygen atoms in total. The fourth-order valence-electron chi connectivity index (χ4n) is 2.52. The number of nitrogens with one attached hydrogen (secondary N) is 1. The number of hydrogen-bond acceptors (Lipinski definition) is 4. The monoisotopic (exact) mass is 290 g/mol. The van der Waals surface area contributed by atoms with Crippen molar-refractivity contribution >= 4 is 17.3 Å². The van der Waals surface area contributed by atoms with Crippen LogP contribution in [-0.4, -0.2) is 50.1 Å². The van der Waals surface area contributed by atoms with Gasteiger partial charge in [-0.15, -0.1) is 0 Å². The van der Waals surface area contributed by atoms with Crippen molar-refractivity contribution in [3.05, 3.63) is 24.3 Å². The molecule has 1 saturated heterocycles. The Balaban J connectivity index is 2.08. The Hall–Kier alpha value is -1.59. The van der Waals surface area contributed by atoms with E-state index in [-0.39, 0.29) is 11.8 Å². The number of para-hydroxylation sites is 2. The second-order valence-corrected chi connectivity index (χ2v) is 5.56. The summed E-state index contributed by atoms with van der Waals surface area (Å²) in [5.41, 5.74) is 7.55. The van der Waals surface area contributed by atoms with Crippen LogP contribution in [0.2, 0.25) is 0 Å². The van der Waals surface area contributed by atoms with Gasteiger partial charge in [0, 0.05) is 38.6 Å². The van der Waals surface area contributed by atoms with E-state index in [1.807, 2.05) is 25.1 Å². The lowest BCUT2D eigenvalue weighted by molar-refractivity contribution is -0.119.